The molecule has 0 aliphatic carbocycles. The van der Waals surface area contributed by atoms with Gasteiger partial charge in [-0.25, -0.2) is 9.37 Å². The van der Waals surface area contributed by atoms with Gasteiger partial charge in [-0.1, -0.05) is 35.3 Å². The minimum atomic E-state index is -0.389. The first-order chi connectivity index (χ1) is 9.08. The number of fused-ring (bicyclic) bond motifs is 1. The lowest BCUT2D eigenvalue weighted by Gasteiger charge is -2.01. The summed E-state index contributed by atoms with van der Waals surface area (Å²) in [4.78, 5) is 4.29. The van der Waals surface area contributed by atoms with Crippen LogP contribution < -0.4 is 5.73 Å². The Bertz CT molecular complexity index is 783. The largest absolute Gasteiger partial charge is 0.383 e. The van der Waals surface area contributed by atoms with E-state index in [1.807, 2.05) is 0 Å². The normalized spacial score (nSPS) is 11.1. The molecule has 2 heterocycles. The van der Waals surface area contributed by atoms with Crippen molar-refractivity contribution in [3.8, 4) is 11.3 Å². The van der Waals surface area contributed by atoms with E-state index in [0.29, 0.717) is 32.8 Å². The standard InChI is InChI=1S/C13H8Cl2FN3/c14-7-5-9(15)13-18-11(12(17)19(13)6-7)8-3-1-2-4-10(8)16/h1-6H,17H2. The summed E-state index contributed by atoms with van der Waals surface area (Å²) in [5, 5.41) is 0.795. The minimum absolute atomic E-state index is 0.296. The molecule has 3 aromatic rings. The molecule has 2 N–H and O–H groups in total. The molecule has 0 aliphatic rings. The summed E-state index contributed by atoms with van der Waals surface area (Å²) in [6.45, 7) is 0. The summed E-state index contributed by atoms with van der Waals surface area (Å²) < 4.78 is 15.3. The fraction of sp³-hybridized carbons (Fsp3) is 0. The van der Waals surface area contributed by atoms with Gasteiger partial charge in [0.2, 0.25) is 0 Å². The summed E-state index contributed by atoms with van der Waals surface area (Å²) >= 11 is 12.0. The third-order valence-corrected chi connectivity index (χ3v) is 3.29. The Hall–Kier alpha value is -1.78. The Kier molecular flexibility index (Phi) is 2.84. The van der Waals surface area contributed by atoms with Gasteiger partial charge in [0.1, 0.15) is 17.3 Å². The van der Waals surface area contributed by atoms with Crippen LogP contribution in [0.5, 0.6) is 0 Å². The Morgan fingerprint density at radius 3 is 2.68 bits per heavy atom. The van der Waals surface area contributed by atoms with Crippen molar-refractivity contribution in [1.82, 2.24) is 9.38 Å². The van der Waals surface area contributed by atoms with Crippen LogP contribution in [0.1, 0.15) is 0 Å². The number of hydrogen-bond acceptors (Lipinski definition) is 2. The second kappa shape index (κ2) is 4.40. The number of nitrogens with two attached hydrogens (primary N) is 1. The Morgan fingerprint density at radius 1 is 1.21 bits per heavy atom. The number of anilines is 1. The van der Waals surface area contributed by atoms with Crippen LogP contribution in [-0.4, -0.2) is 9.38 Å². The molecule has 0 spiro atoms. The zero-order valence-electron chi connectivity index (χ0n) is 9.57. The van der Waals surface area contributed by atoms with Gasteiger partial charge in [0.05, 0.1) is 10.0 Å². The topological polar surface area (TPSA) is 43.3 Å². The zero-order valence-corrected chi connectivity index (χ0v) is 11.1. The Labute approximate surface area is 118 Å². The number of nitrogen functional groups attached to an aromatic ring is 1. The molecule has 0 radical (unpaired) electrons. The van der Waals surface area contributed by atoms with Crippen molar-refractivity contribution in [3.05, 3.63) is 52.4 Å². The SMILES string of the molecule is Nc1c(-c2ccccc2F)nc2c(Cl)cc(Cl)cn12. The van der Waals surface area contributed by atoms with Crippen molar-refractivity contribution in [2.75, 3.05) is 5.73 Å². The monoisotopic (exact) mass is 295 g/mol. The summed E-state index contributed by atoms with van der Waals surface area (Å²) in [7, 11) is 0. The third kappa shape index (κ3) is 1.93. The number of aromatic nitrogens is 2. The lowest BCUT2D eigenvalue weighted by Crippen LogP contribution is -1.95. The second-order valence-corrected chi connectivity index (χ2v) is 4.87. The van der Waals surface area contributed by atoms with Crippen molar-refractivity contribution in [2.45, 2.75) is 0 Å². The van der Waals surface area contributed by atoms with Crippen molar-refractivity contribution in [1.29, 1.82) is 0 Å². The van der Waals surface area contributed by atoms with Crippen molar-refractivity contribution >= 4 is 34.7 Å². The highest BCUT2D eigenvalue weighted by Gasteiger charge is 2.16. The van der Waals surface area contributed by atoms with Crippen LogP contribution >= 0.6 is 23.2 Å². The highest BCUT2D eigenvalue weighted by molar-refractivity contribution is 6.36. The highest BCUT2D eigenvalue weighted by Crippen LogP contribution is 2.32. The fourth-order valence-electron chi connectivity index (χ4n) is 1.94. The van der Waals surface area contributed by atoms with Crippen molar-refractivity contribution in [2.24, 2.45) is 0 Å². The molecule has 1 aromatic carbocycles. The maximum atomic E-state index is 13.8. The summed E-state index contributed by atoms with van der Waals surface area (Å²) in [6.07, 6.45) is 1.59. The first kappa shape index (κ1) is 12.3. The van der Waals surface area contributed by atoms with Crippen LogP contribution in [0.2, 0.25) is 10.0 Å². The van der Waals surface area contributed by atoms with E-state index in [2.05, 4.69) is 4.98 Å². The van der Waals surface area contributed by atoms with E-state index in [1.54, 1.807) is 34.9 Å². The van der Waals surface area contributed by atoms with E-state index in [4.69, 9.17) is 28.9 Å². The number of imidazole rings is 1. The molecular weight excluding hydrogens is 288 g/mol. The quantitative estimate of drug-likeness (QED) is 0.736. The molecule has 19 heavy (non-hydrogen) atoms. The van der Waals surface area contributed by atoms with E-state index in [1.165, 1.54) is 6.07 Å². The summed E-state index contributed by atoms with van der Waals surface area (Å²) in [5.74, 6) is -0.0932. The average molecular weight is 296 g/mol. The second-order valence-electron chi connectivity index (χ2n) is 4.03. The van der Waals surface area contributed by atoms with Crippen LogP contribution in [0.3, 0.4) is 0 Å². The van der Waals surface area contributed by atoms with Crippen LogP contribution in [-0.2, 0) is 0 Å². The Morgan fingerprint density at radius 2 is 1.95 bits per heavy atom. The number of hydrogen-bond donors (Lipinski definition) is 1. The smallest absolute Gasteiger partial charge is 0.158 e. The molecule has 0 fully saturated rings. The molecule has 6 heteroatoms. The molecule has 0 aliphatic heterocycles. The van der Waals surface area contributed by atoms with Crippen LogP contribution in [0.4, 0.5) is 10.2 Å². The van der Waals surface area contributed by atoms with E-state index < -0.39 is 0 Å². The van der Waals surface area contributed by atoms with Gasteiger partial charge in [0.25, 0.3) is 0 Å². The zero-order chi connectivity index (χ0) is 13.6. The summed E-state index contributed by atoms with van der Waals surface area (Å²) in [6, 6.07) is 7.86. The number of rotatable bonds is 1. The van der Waals surface area contributed by atoms with Crippen molar-refractivity contribution < 1.29 is 4.39 Å². The van der Waals surface area contributed by atoms with E-state index in [0.717, 1.165) is 0 Å². The van der Waals surface area contributed by atoms with Crippen LogP contribution in [0.25, 0.3) is 16.9 Å². The third-order valence-electron chi connectivity index (χ3n) is 2.81. The van der Waals surface area contributed by atoms with Gasteiger partial charge in [-0.2, -0.15) is 0 Å². The van der Waals surface area contributed by atoms with Gasteiger partial charge >= 0.3 is 0 Å². The van der Waals surface area contributed by atoms with Crippen molar-refractivity contribution in [3.63, 3.8) is 0 Å². The first-order valence-corrected chi connectivity index (χ1v) is 6.21. The molecule has 2 aromatic heterocycles. The van der Waals surface area contributed by atoms with Gasteiger partial charge in [0.15, 0.2) is 5.65 Å². The molecule has 0 bridgehead atoms. The molecule has 0 atom stereocenters. The molecule has 0 unspecified atom stereocenters. The fourth-order valence-corrected chi connectivity index (χ4v) is 2.46. The molecular formula is C13H8Cl2FN3. The molecule has 0 amide bonds. The lowest BCUT2D eigenvalue weighted by atomic mass is 10.1. The predicted octanol–water partition coefficient (Wildman–Crippen LogP) is 4.03. The number of halogens is 3. The average Bonchev–Trinajstić information content (AvgIpc) is 2.68. The summed E-state index contributed by atoms with van der Waals surface area (Å²) in [5.41, 5.74) is 7.12. The molecule has 3 nitrogen and oxygen atoms in total. The van der Waals surface area contributed by atoms with E-state index in [-0.39, 0.29) is 5.82 Å². The minimum Gasteiger partial charge on any atom is -0.383 e. The predicted molar refractivity (Wildman–Crippen MR) is 75.0 cm³/mol. The Balaban J connectivity index is 2.35. The molecule has 0 saturated heterocycles. The lowest BCUT2D eigenvalue weighted by molar-refractivity contribution is 0.631. The maximum Gasteiger partial charge on any atom is 0.158 e. The van der Waals surface area contributed by atoms with E-state index in [9.17, 15) is 4.39 Å². The molecule has 3 rings (SSSR count). The van der Waals surface area contributed by atoms with E-state index >= 15 is 0 Å². The molecule has 0 saturated carbocycles. The van der Waals surface area contributed by atoms with Gasteiger partial charge in [0, 0.05) is 11.8 Å². The van der Waals surface area contributed by atoms with Gasteiger partial charge in [-0.3, -0.25) is 4.40 Å². The van der Waals surface area contributed by atoms with Gasteiger partial charge in [-0.05, 0) is 18.2 Å². The van der Waals surface area contributed by atoms with Gasteiger partial charge < -0.3 is 5.73 Å². The first-order valence-electron chi connectivity index (χ1n) is 5.45. The number of nitrogens with zero attached hydrogens (tertiary/aromatic N) is 2. The van der Waals surface area contributed by atoms with Crippen LogP contribution in [0.15, 0.2) is 36.5 Å². The maximum absolute atomic E-state index is 13.8. The number of benzene rings is 1. The van der Waals surface area contributed by atoms with Gasteiger partial charge in [-0.15, -0.1) is 0 Å². The molecule has 96 valence electrons. The highest BCUT2D eigenvalue weighted by atomic mass is 35.5. The number of pyridine rings is 1. The van der Waals surface area contributed by atoms with Crippen LogP contribution in [0, 0.1) is 5.82 Å².